The number of nitrogens with zero attached hydrogens (tertiary/aromatic N) is 1. The SMILES string of the molecule is CCCCc1ccc(C#N)c2c3c([nH]c12)C(OC=O)OCC3. The molecule has 0 amide bonds. The highest BCUT2D eigenvalue weighted by molar-refractivity contribution is 5.92. The van der Waals surface area contributed by atoms with Crippen molar-refractivity contribution >= 4 is 17.4 Å². The molecule has 0 fully saturated rings. The number of fused-ring (bicyclic) bond motifs is 3. The van der Waals surface area contributed by atoms with E-state index >= 15 is 0 Å². The molecule has 5 nitrogen and oxygen atoms in total. The predicted molar refractivity (Wildman–Crippen MR) is 81.2 cm³/mol. The Hall–Kier alpha value is -2.32. The number of carbonyl (C=O) groups excluding carboxylic acids is 1. The van der Waals surface area contributed by atoms with Crippen molar-refractivity contribution in [2.75, 3.05) is 6.61 Å². The van der Waals surface area contributed by atoms with E-state index in [9.17, 15) is 10.1 Å². The van der Waals surface area contributed by atoms with Gasteiger partial charge in [-0.2, -0.15) is 5.26 Å². The fourth-order valence-electron chi connectivity index (χ4n) is 3.09. The molecule has 1 N–H and O–H groups in total. The number of benzene rings is 1. The van der Waals surface area contributed by atoms with Crippen LogP contribution in [0, 0.1) is 11.3 Å². The number of H-pyrrole nitrogens is 1. The van der Waals surface area contributed by atoms with Crippen molar-refractivity contribution in [3.05, 3.63) is 34.5 Å². The van der Waals surface area contributed by atoms with Gasteiger partial charge in [0.25, 0.3) is 6.47 Å². The van der Waals surface area contributed by atoms with Gasteiger partial charge in [0.2, 0.25) is 6.29 Å². The number of nitrogens with one attached hydrogen (secondary N) is 1. The molecule has 1 aliphatic rings. The molecule has 1 atom stereocenters. The molecule has 1 unspecified atom stereocenters. The van der Waals surface area contributed by atoms with Gasteiger partial charge in [-0.3, -0.25) is 4.79 Å². The number of ether oxygens (including phenoxy) is 2. The van der Waals surface area contributed by atoms with E-state index < -0.39 is 6.29 Å². The molecule has 0 spiro atoms. The molecule has 2 heterocycles. The Kier molecular flexibility index (Phi) is 4.12. The first-order chi connectivity index (χ1) is 10.8. The van der Waals surface area contributed by atoms with Crippen LogP contribution in [0.5, 0.6) is 0 Å². The van der Waals surface area contributed by atoms with Gasteiger partial charge < -0.3 is 14.5 Å². The summed E-state index contributed by atoms with van der Waals surface area (Å²) in [5.74, 6) is 0. The zero-order valence-corrected chi connectivity index (χ0v) is 12.5. The van der Waals surface area contributed by atoms with Gasteiger partial charge in [-0.25, -0.2) is 0 Å². The summed E-state index contributed by atoms with van der Waals surface area (Å²) in [6.45, 7) is 3.03. The average Bonchev–Trinajstić information content (AvgIpc) is 2.94. The molecule has 2 aromatic rings. The van der Waals surface area contributed by atoms with Crippen LogP contribution in [0.2, 0.25) is 0 Å². The first-order valence-electron chi connectivity index (χ1n) is 7.57. The number of aromatic amines is 1. The number of rotatable bonds is 5. The maximum absolute atomic E-state index is 10.7. The Morgan fingerprint density at radius 3 is 3.14 bits per heavy atom. The number of unbranched alkanes of at least 4 members (excludes halogenated alkanes) is 1. The molecule has 0 saturated heterocycles. The molecule has 0 aliphatic carbocycles. The Labute approximate surface area is 128 Å². The summed E-state index contributed by atoms with van der Waals surface area (Å²) in [4.78, 5) is 14.0. The van der Waals surface area contributed by atoms with E-state index in [4.69, 9.17) is 9.47 Å². The van der Waals surface area contributed by atoms with Gasteiger partial charge in [0.1, 0.15) is 0 Å². The molecule has 1 aliphatic heterocycles. The lowest BCUT2D eigenvalue weighted by Crippen LogP contribution is -2.18. The van der Waals surface area contributed by atoms with Gasteiger partial charge in [0.05, 0.1) is 29.5 Å². The largest absolute Gasteiger partial charge is 0.432 e. The highest BCUT2D eigenvalue weighted by Crippen LogP contribution is 2.36. The van der Waals surface area contributed by atoms with E-state index in [1.807, 2.05) is 12.1 Å². The quantitative estimate of drug-likeness (QED) is 0.860. The van der Waals surface area contributed by atoms with Crippen LogP contribution in [0.15, 0.2) is 12.1 Å². The minimum atomic E-state index is -0.709. The van der Waals surface area contributed by atoms with Crippen molar-refractivity contribution in [1.29, 1.82) is 5.26 Å². The van der Waals surface area contributed by atoms with Crippen LogP contribution in [-0.2, 0) is 27.1 Å². The second kappa shape index (κ2) is 6.20. The van der Waals surface area contributed by atoms with Gasteiger partial charge in [-0.15, -0.1) is 0 Å². The van der Waals surface area contributed by atoms with Crippen LogP contribution in [0.3, 0.4) is 0 Å². The van der Waals surface area contributed by atoms with Gasteiger partial charge in [-0.05, 0) is 36.5 Å². The van der Waals surface area contributed by atoms with Crippen LogP contribution < -0.4 is 0 Å². The van der Waals surface area contributed by atoms with E-state index in [-0.39, 0.29) is 0 Å². The van der Waals surface area contributed by atoms with Crippen molar-refractivity contribution in [1.82, 2.24) is 4.98 Å². The lowest BCUT2D eigenvalue weighted by Gasteiger charge is -2.21. The highest BCUT2D eigenvalue weighted by atomic mass is 16.7. The minimum absolute atomic E-state index is 0.397. The summed E-state index contributed by atoms with van der Waals surface area (Å²) in [6, 6.07) is 6.16. The number of aryl methyl sites for hydroxylation is 1. The standard InChI is InChI=1S/C17H18N2O3/c1-2-3-4-11-5-6-12(9-18)14-13-7-8-21-17(22-10-20)16(13)19-15(11)14/h5-6,10,17,19H,2-4,7-8H2,1H3. The van der Waals surface area contributed by atoms with Gasteiger partial charge in [0, 0.05) is 5.39 Å². The number of nitriles is 1. The first-order valence-corrected chi connectivity index (χ1v) is 7.57. The molecule has 0 bridgehead atoms. The van der Waals surface area contributed by atoms with Crippen LogP contribution in [0.4, 0.5) is 0 Å². The predicted octanol–water partition coefficient (Wildman–Crippen LogP) is 3.13. The summed E-state index contributed by atoms with van der Waals surface area (Å²) in [6.07, 6.45) is 3.16. The van der Waals surface area contributed by atoms with Crippen molar-refractivity contribution in [2.24, 2.45) is 0 Å². The van der Waals surface area contributed by atoms with Crippen LogP contribution in [0.25, 0.3) is 10.9 Å². The topological polar surface area (TPSA) is 75.1 Å². The maximum Gasteiger partial charge on any atom is 0.295 e. The molecule has 0 saturated carbocycles. The third-order valence-corrected chi connectivity index (χ3v) is 4.13. The molecular formula is C17H18N2O3. The Morgan fingerprint density at radius 1 is 1.55 bits per heavy atom. The van der Waals surface area contributed by atoms with Gasteiger partial charge in [-0.1, -0.05) is 19.4 Å². The zero-order valence-electron chi connectivity index (χ0n) is 12.5. The number of hydrogen-bond acceptors (Lipinski definition) is 4. The summed E-state index contributed by atoms with van der Waals surface area (Å²) in [5.41, 5.74) is 4.61. The highest BCUT2D eigenvalue weighted by Gasteiger charge is 2.28. The van der Waals surface area contributed by atoms with Crippen LogP contribution >= 0.6 is 0 Å². The van der Waals surface area contributed by atoms with E-state index in [1.54, 1.807) is 0 Å². The van der Waals surface area contributed by atoms with Crippen molar-refractivity contribution in [3.63, 3.8) is 0 Å². The molecular weight excluding hydrogens is 280 g/mol. The molecule has 0 radical (unpaired) electrons. The Balaban J connectivity index is 2.19. The smallest absolute Gasteiger partial charge is 0.295 e. The summed E-state index contributed by atoms with van der Waals surface area (Å²) in [7, 11) is 0. The van der Waals surface area contributed by atoms with Crippen molar-refractivity contribution < 1.29 is 14.3 Å². The normalized spacial score (nSPS) is 17.0. The van der Waals surface area contributed by atoms with E-state index in [1.165, 1.54) is 5.56 Å². The number of hydrogen-bond donors (Lipinski definition) is 1. The molecule has 22 heavy (non-hydrogen) atoms. The maximum atomic E-state index is 10.7. The third kappa shape index (κ3) is 2.36. The minimum Gasteiger partial charge on any atom is -0.432 e. The van der Waals surface area contributed by atoms with Crippen LogP contribution in [-0.4, -0.2) is 18.1 Å². The fourth-order valence-corrected chi connectivity index (χ4v) is 3.09. The second-order valence-corrected chi connectivity index (χ2v) is 5.44. The Morgan fingerprint density at radius 2 is 2.41 bits per heavy atom. The molecule has 114 valence electrons. The lowest BCUT2D eigenvalue weighted by atomic mass is 9.97. The molecule has 1 aromatic carbocycles. The van der Waals surface area contributed by atoms with Gasteiger partial charge in [0.15, 0.2) is 0 Å². The van der Waals surface area contributed by atoms with Crippen molar-refractivity contribution in [2.45, 2.75) is 38.9 Å². The summed E-state index contributed by atoms with van der Waals surface area (Å²) >= 11 is 0. The molecule has 3 rings (SSSR count). The first kappa shape index (κ1) is 14.6. The molecule has 1 aromatic heterocycles. The molecule has 5 heteroatoms. The summed E-state index contributed by atoms with van der Waals surface area (Å²) in [5, 5.41) is 10.4. The third-order valence-electron chi connectivity index (χ3n) is 4.13. The number of carbonyl (C=O) groups is 1. The monoisotopic (exact) mass is 298 g/mol. The van der Waals surface area contributed by atoms with E-state index in [0.29, 0.717) is 25.1 Å². The number of aromatic nitrogens is 1. The van der Waals surface area contributed by atoms with Crippen LogP contribution in [0.1, 0.15) is 48.4 Å². The van der Waals surface area contributed by atoms with Crippen molar-refractivity contribution in [3.8, 4) is 6.07 Å². The zero-order chi connectivity index (χ0) is 15.5. The van der Waals surface area contributed by atoms with E-state index in [2.05, 4.69) is 18.0 Å². The van der Waals surface area contributed by atoms with Gasteiger partial charge >= 0.3 is 0 Å². The average molecular weight is 298 g/mol. The van der Waals surface area contributed by atoms with E-state index in [0.717, 1.165) is 41.4 Å². The second-order valence-electron chi connectivity index (χ2n) is 5.44. The lowest BCUT2D eigenvalue weighted by molar-refractivity contribution is -0.169. The fraction of sp³-hybridized carbons (Fsp3) is 0.412. The summed E-state index contributed by atoms with van der Waals surface area (Å²) < 4.78 is 10.5. The Bertz CT molecular complexity index is 742.